The van der Waals surface area contributed by atoms with Crippen molar-refractivity contribution in [1.82, 2.24) is 10.3 Å². The van der Waals surface area contributed by atoms with Gasteiger partial charge in [-0.1, -0.05) is 12.1 Å². The molecule has 0 saturated heterocycles. The zero-order valence-corrected chi connectivity index (χ0v) is 14.0. The van der Waals surface area contributed by atoms with E-state index in [1.807, 2.05) is 6.07 Å². The van der Waals surface area contributed by atoms with E-state index >= 15 is 0 Å². The molecule has 134 valence electrons. The van der Waals surface area contributed by atoms with Gasteiger partial charge in [-0.25, -0.2) is 9.78 Å². The molecule has 1 heterocycles. The average molecular weight is 355 g/mol. The molecule has 1 unspecified atom stereocenters. The Morgan fingerprint density at radius 2 is 2.00 bits per heavy atom. The van der Waals surface area contributed by atoms with E-state index < -0.39 is 18.0 Å². The molecule has 1 amide bonds. The topological polar surface area (TPSA) is 122 Å². The van der Waals surface area contributed by atoms with Gasteiger partial charge in [0.1, 0.15) is 17.5 Å². The Morgan fingerprint density at radius 1 is 1.27 bits per heavy atom. The number of esters is 1. The maximum Gasteiger partial charge on any atom is 0.343 e. The highest BCUT2D eigenvalue weighted by molar-refractivity contribution is 5.92. The number of aromatic nitrogens is 1. The lowest BCUT2D eigenvalue weighted by molar-refractivity contribution is -0.142. The number of carbonyl (C=O) groups excluding carboxylic acids is 2. The third-order valence-corrected chi connectivity index (χ3v) is 3.43. The first-order valence-electron chi connectivity index (χ1n) is 7.65. The maximum atomic E-state index is 12.0. The van der Waals surface area contributed by atoms with Crippen molar-refractivity contribution in [2.24, 2.45) is 0 Å². The second-order valence-electron chi connectivity index (χ2n) is 5.20. The number of aliphatic hydroxyl groups is 1. The zero-order valence-electron chi connectivity index (χ0n) is 14.0. The quantitative estimate of drug-likeness (QED) is 0.710. The largest absolute Gasteiger partial charge is 0.482 e. The number of methoxy groups -OCH3 is 1. The highest BCUT2D eigenvalue weighted by Gasteiger charge is 2.12. The molecule has 2 N–H and O–H groups in total. The van der Waals surface area contributed by atoms with E-state index in [-0.39, 0.29) is 18.8 Å². The fraction of sp³-hybridized carbons (Fsp3) is 0.222. The SMILES string of the molecule is COC(=O)COc1ccc(C(O)CNC(=O)c2ccc(C#N)cn2)cc1. The monoisotopic (exact) mass is 355 g/mol. The van der Waals surface area contributed by atoms with Crippen LogP contribution in [0.2, 0.25) is 0 Å². The predicted octanol–water partition coefficient (Wildman–Crippen LogP) is 0.968. The van der Waals surface area contributed by atoms with Gasteiger partial charge in [0.05, 0.1) is 18.8 Å². The van der Waals surface area contributed by atoms with Crippen molar-refractivity contribution in [2.45, 2.75) is 6.10 Å². The summed E-state index contributed by atoms with van der Waals surface area (Å²) < 4.78 is 9.68. The lowest BCUT2D eigenvalue weighted by atomic mass is 10.1. The number of benzene rings is 1. The molecule has 1 aromatic heterocycles. The minimum absolute atomic E-state index is 0.0110. The third-order valence-electron chi connectivity index (χ3n) is 3.43. The number of ether oxygens (including phenoxy) is 2. The van der Waals surface area contributed by atoms with Crippen molar-refractivity contribution in [2.75, 3.05) is 20.3 Å². The summed E-state index contributed by atoms with van der Waals surface area (Å²) in [6.45, 7) is -0.213. The number of nitrogens with zero attached hydrogens (tertiary/aromatic N) is 2. The van der Waals surface area contributed by atoms with E-state index in [1.54, 1.807) is 24.3 Å². The minimum Gasteiger partial charge on any atom is -0.482 e. The van der Waals surface area contributed by atoms with Crippen LogP contribution in [0.4, 0.5) is 0 Å². The predicted molar refractivity (Wildman–Crippen MR) is 90.2 cm³/mol. The zero-order chi connectivity index (χ0) is 18.9. The van der Waals surface area contributed by atoms with Gasteiger partial charge < -0.3 is 19.9 Å². The Labute approximate surface area is 150 Å². The number of rotatable bonds is 7. The summed E-state index contributed by atoms with van der Waals surface area (Å²) in [6, 6.07) is 11.3. The number of carbonyl (C=O) groups is 2. The van der Waals surface area contributed by atoms with Gasteiger partial charge in [-0.15, -0.1) is 0 Å². The molecule has 1 atom stereocenters. The first kappa shape index (κ1) is 18.9. The molecular formula is C18H17N3O5. The van der Waals surface area contributed by atoms with Crippen LogP contribution in [-0.2, 0) is 9.53 Å². The molecule has 0 bridgehead atoms. The third kappa shape index (κ3) is 5.29. The normalized spacial score (nSPS) is 11.1. The molecule has 0 saturated carbocycles. The molecular weight excluding hydrogens is 338 g/mol. The summed E-state index contributed by atoms with van der Waals surface area (Å²) in [7, 11) is 1.27. The first-order chi connectivity index (χ1) is 12.5. The van der Waals surface area contributed by atoms with Crippen molar-refractivity contribution < 1.29 is 24.2 Å². The lowest BCUT2D eigenvalue weighted by Gasteiger charge is -2.13. The molecule has 0 aliphatic heterocycles. The number of hydrogen-bond acceptors (Lipinski definition) is 7. The Kier molecular flexibility index (Phi) is 6.65. The van der Waals surface area contributed by atoms with Crippen molar-refractivity contribution in [3.8, 4) is 11.8 Å². The van der Waals surface area contributed by atoms with Crippen LogP contribution in [0.25, 0.3) is 0 Å². The highest BCUT2D eigenvalue weighted by atomic mass is 16.6. The van der Waals surface area contributed by atoms with Crippen LogP contribution in [0.15, 0.2) is 42.6 Å². The molecule has 0 fully saturated rings. The summed E-state index contributed by atoms with van der Waals surface area (Å²) in [5.74, 6) is -0.489. The lowest BCUT2D eigenvalue weighted by Crippen LogP contribution is -2.29. The van der Waals surface area contributed by atoms with Gasteiger partial charge in [-0.2, -0.15) is 5.26 Å². The van der Waals surface area contributed by atoms with Gasteiger partial charge in [0.25, 0.3) is 5.91 Å². The summed E-state index contributed by atoms with van der Waals surface area (Å²) in [5.41, 5.74) is 1.09. The number of amides is 1. The first-order valence-corrected chi connectivity index (χ1v) is 7.65. The standard InChI is InChI=1S/C18H17N3O5/c1-25-17(23)11-26-14-5-3-13(4-6-14)16(22)10-21-18(24)15-7-2-12(8-19)9-20-15/h2-7,9,16,22H,10-11H2,1H3,(H,21,24). The van der Waals surface area contributed by atoms with Crippen molar-refractivity contribution in [1.29, 1.82) is 5.26 Å². The number of nitriles is 1. The second-order valence-corrected chi connectivity index (χ2v) is 5.20. The van der Waals surface area contributed by atoms with E-state index in [0.29, 0.717) is 16.9 Å². The number of pyridine rings is 1. The van der Waals surface area contributed by atoms with E-state index in [9.17, 15) is 14.7 Å². The molecule has 26 heavy (non-hydrogen) atoms. The molecule has 0 spiro atoms. The van der Waals surface area contributed by atoms with Gasteiger partial charge in [-0.05, 0) is 29.8 Å². The molecule has 0 aliphatic carbocycles. The van der Waals surface area contributed by atoms with E-state index in [1.165, 1.54) is 25.4 Å². The van der Waals surface area contributed by atoms with Crippen molar-refractivity contribution >= 4 is 11.9 Å². The number of aliphatic hydroxyl groups excluding tert-OH is 1. The van der Waals surface area contributed by atoms with Crippen LogP contribution in [0.1, 0.15) is 27.7 Å². The summed E-state index contributed by atoms with van der Waals surface area (Å²) in [6.07, 6.45) is 0.380. The van der Waals surface area contributed by atoms with Gasteiger partial charge in [0.2, 0.25) is 0 Å². The highest BCUT2D eigenvalue weighted by Crippen LogP contribution is 2.17. The van der Waals surface area contributed by atoms with Gasteiger partial charge in [0.15, 0.2) is 6.61 Å². The van der Waals surface area contributed by atoms with Gasteiger partial charge >= 0.3 is 5.97 Å². The van der Waals surface area contributed by atoms with Crippen LogP contribution in [0.3, 0.4) is 0 Å². The molecule has 8 nitrogen and oxygen atoms in total. The molecule has 2 aromatic rings. The Hall–Kier alpha value is -3.44. The van der Waals surface area contributed by atoms with Crippen LogP contribution in [0.5, 0.6) is 5.75 Å². The van der Waals surface area contributed by atoms with Crippen LogP contribution in [-0.4, -0.2) is 42.2 Å². The average Bonchev–Trinajstić information content (AvgIpc) is 2.70. The summed E-state index contributed by atoms with van der Waals surface area (Å²) in [5, 5.41) is 21.4. The minimum atomic E-state index is -0.924. The van der Waals surface area contributed by atoms with Gasteiger partial charge in [0, 0.05) is 12.7 Å². The Balaban J connectivity index is 1.86. The van der Waals surface area contributed by atoms with E-state index in [0.717, 1.165) is 0 Å². The second kappa shape index (κ2) is 9.15. The summed E-state index contributed by atoms with van der Waals surface area (Å²) in [4.78, 5) is 26.9. The van der Waals surface area contributed by atoms with Crippen LogP contribution >= 0.6 is 0 Å². The molecule has 1 aromatic carbocycles. The van der Waals surface area contributed by atoms with Crippen molar-refractivity contribution in [3.63, 3.8) is 0 Å². The molecule has 8 heteroatoms. The van der Waals surface area contributed by atoms with Crippen LogP contribution < -0.4 is 10.1 Å². The van der Waals surface area contributed by atoms with Crippen LogP contribution in [0, 0.1) is 11.3 Å². The Bertz CT molecular complexity index is 797. The van der Waals surface area contributed by atoms with Crippen molar-refractivity contribution in [3.05, 3.63) is 59.4 Å². The fourth-order valence-electron chi connectivity index (χ4n) is 1.98. The maximum absolute atomic E-state index is 12.0. The fourth-order valence-corrected chi connectivity index (χ4v) is 1.98. The molecule has 2 rings (SSSR count). The number of hydrogen-bond donors (Lipinski definition) is 2. The van der Waals surface area contributed by atoms with E-state index in [4.69, 9.17) is 10.00 Å². The smallest absolute Gasteiger partial charge is 0.343 e. The van der Waals surface area contributed by atoms with Gasteiger partial charge in [-0.3, -0.25) is 4.79 Å². The van der Waals surface area contributed by atoms with E-state index in [2.05, 4.69) is 15.0 Å². The Morgan fingerprint density at radius 3 is 2.58 bits per heavy atom. The number of nitrogens with one attached hydrogen (secondary N) is 1. The summed E-state index contributed by atoms with van der Waals surface area (Å²) >= 11 is 0. The molecule has 0 radical (unpaired) electrons. The molecule has 0 aliphatic rings.